The van der Waals surface area contributed by atoms with Crippen LogP contribution in [0.3, 0.4) is 0 Å². The molecular formula is C11H9NOS. The number of carbonyl (C=O) groups excluding carboxylic acids is 1. The third-order valence-corrected chi connectivity index (χ3v) is 3.06. The molecule has 0 saturated carbocycles. The average molecular weight is 203 g/mol. The highest BCUT2D eigenvalue weighted by Crippen LogP contribution is 2.26. The van der Waals surface area contributed by atoms with Crippen molar-refractivity contribution in [1.29, 1.82) is 0 Å². The summed E-state index contributed by atoms with van der Waals surface area (Å²) in [4.78, 5) is 12.2. The standard InChI is InChI=1S/C11H9NOS/c1-7(12)11(13)10-6-8-4-2-3-5-9(8)14-10/h2-6H,1,12H2. The molecule has 2 aromatic rings. The van der Waals surface area contributed by atoms with E-state index in [2.05, 4.69) is 6.58 Å². The topological polar surface area (TPSA) is 43.1 Å². The summed E-state index contributed by atoms with van der Waals surface area (Å²) >= 11 is 1.44. The maximum absolute atomic E-state index is 11.5. The molecule has 0 radical (unpaired) electrons. The Labute approximate surface area is 85.7 Å². The van der Waals surface area contributed by atoms with Crippen molar-refractivity contribution >= 4 is 27.2 Å². The maximum Gasteiger partial charge on any atom is 0.217 e. The molecule has 70 valence electrons. The van der Waals surface area contributed by atoms with Crippen molar-refractivity contribution < 1.29 is 4.79 Å². The molecule has 1 heterocycles. The van der Waals surface area contributed by atoms with Crippen LogP contribution in [0.1, 0.15) is 9.67 Å². The van der Waals surface area contributed by atoms with Crippen LogP contribution in [-0.2, 0) is 0 Å². The lowest BCUT2D eigenvalue weighted by molar-refractivity contribution is 0.103. The number of hydrogen-bond donors (Lipinski definition) is 1. The van der Waals surface area contributed by atoms with Crippen LogP contribution in [0, 0.1) is 0 Å². The molecule has 2 N–H and O–H groups in total. The Balaban J connectivity index is 2.55. The second-order valence-corrected chi connectivity index (χ2v) is 4.09. The lowest BCUT2D eigenvalue weighted by Gasteiger charge is -1.91. The maximum atomic E-state index is 11.5. The van der Waals surface area contributed by atoms with Crippen LogP contribution in [0.5, 0.6) is 0 Å². The van der Waals surface area contributed by atoms with E-state index in [1.54, 1.807) is 0 Å². The quantitative estimate of drug-likeness (QED) is 0.602. The Kier molecular flexibility index (Phi) is 2.09. The molecule has 3 heteroatoms. The number of hydrogen-bond acceptors (Lipinski definition) is 3. The number of carbonyl (C=O) groups is 1. The zero-order valence-corrected chi connectivity index (χ0v) is 8.30. The fourth-order valence-corrected chi connectivity index (χ4v) is 2.29. The molecule has 1 aromatic heterocycles. The van der Waals surface area contributed by atoms with E-state index >= 15 is 0 Å². The molecule has 1 aromatic carbocycles. The molecule has 0 aliphatic carbocycles. The van der Waals surface area contributed by atoms with E-state index in [-0.39, 0.29) is 11.5 Å². The van der Waals surface area contributed by atoms with Gasteiger partial charge in [0.05, 0.1) is 10.6 Å². The summed E-state index contributed by atoms with van der Waals surface area (Å²) in [5.74, 6) is -0.175. The van der Waals surface area contributed by atoms with Gasteiger partial charge in [-0.15, -0.1) is 11.3 Å². The second-order valence-electron chi connectivity index (χ2n) is 3.00. The Hall–Kier alpha value is -1.61. The predicted octanol–water partition coefficient (Wildman–Crippen LogP) is 2.56. The van der Waals surface area contributed by atoms with Gasteiger partial charge in [0.15, 0.2) is 0 Å². The van der Waals surface area contributed by atoms with Crippen molar-refractivity contribution in [3.05, 3.63) is 47.5 Å². The Morgan fingerprint density at radius 2 is 2.07 bits per heavy atom. The second kappa shape index (κ2) is 3.27. The number of ketones is 1. The van der Waals surface area contributed by atoms with Gasteiger partial charge in [-0.3, -0.25) is 4.79 Å². The summed E-state index contributed by atoms with van der Waals surface area (Å²) in [7, 11) is 0. The molecule has 0 amide bonds. The highest BCUT2D eigenvalue weighted by Gasteiger charge is 2.10. The smallest absolute Gasteiger partial charge is 0.217 e. The molecular weight excluding hydrogens is 194 g/mol. The van der Waals surface area contributed by atoms with Crippen molar-refractivity contribution in [3.63, 3.8) is 0 Å². The van der Waals surface area contributed by atoms with Crippen molar-refractivity contribution in [1.82, 2.24) is 0 Å². The van der Waals surface area contributed by atoms with Gasteiger partial charge in [0.1, 0.15) is 0 Å². The van der Waals surface area contributed by atoms with E-state index in [0.29, 0.717) is 4.88 Å². The van der Waals surface area contributed by atoms with E-state index in [4.69, 9.17) is 5.73 Å². The Bertz CT molecular complexity index is 480. The van der Waals surface area contributed by atoms with Gasteiger partial charge in [-0.05, 0) is 17.5 Å². The average Bonchev–Trinajstić information content (AvgIpc) is 2.59. The summed E-state index contributed by atoms with van der Waals surface area (Å²) in [5, 5.41) is 1.07. The molecule has 0 aliphatic rings. The van der Waals surface area contributed by atoms with Crippen LogP contribution in [0.2, 0.25) is 0 Å². The first-order chi connectivity index (χ1) is 6.68. The van der Waals surface area contributed by atoms with Gasteiger partial charge in [-0.2, -0.15) is 0 Å². The first-order valence-electron chi connectivity index (χ1n) is 4.16. The van der Waals surface area contributed by atoms with Crippen LogP contribution < -0.4 is 5.73 Å². The van der Waals surface area contributed by atoms with E-state index < -0.39 is 0 Å². The van der Waals surface area contributed by atoms with Gasteiger partial charge in [-0.25, -0.2) is 0 Å². The van der Waals surface area contributed by atoms with Gasteiger partial charge in [0, 0.05) is 4.70 Å². The first kappa shape index (κ1) is 8.97. The fourth-order valence-electron chi connectivity index (χ4n) is 1.25. The third kappa shape index (κ3) is 1.42. The number of thiophene rings is 1. The number of Topliss-reactive ketones (excluding diaryl/α,β-unsaturated/α-hetero) is 1. The summed E-state index contributed by atoms with van der Waals surface area (Å²) in [5.41, 5.74) is 5.45. The van der Waals surface area contributed by atoms with Crippen LogP contribution in [0.4, 0.5) is 0 Å². The summed E-state index contributed by atoms with van der Waals surface area (Å²) in [6.07, 6.45) is 0. The number of benzene rings is 1. The zero-order chi connectivity index (χ0) is 10.1. The normalized spacial score (nSPS) is 10.3. The highest BCUT2D eigenvalue weighted by atomic mass is 32.1. The van der Waals surface area contributed by atoms with Crippen molar-refractivity contribution in [2.45, 2.75) is 0 Å². The Morgan fingerprint density at radius 3 is 2.71 bits per heavy atom. The van der Waals surface area contributed by atoms with Crippen LogP contribution >= 0.6 is 11.3 Å². The summed E-state index contributed by atoms with van der Waals surface area (Å²) < 4.78 is 1.09. The zero-order valence-electron chi connectivity index (χ0n) is 7.49. The molecule has 0 spiro atoms. The number of nitrogens with two attached hydrogens (primary N) is 1. The first-order valence-corrected chi connectivity index (χ1v) is 4.98. The largest absolute Gasteiger partial charge is 0.396 e. The highest BCUT2D eigenvalue weighted by molar-refractivity contribution is 7.21. The van der Waals surface area contributed by atoms with Crippen LogP contribution in [0.25, 0.3) is 10.1 Å². The molecule has 0 unspecified atom stereocenters. The number of allylic oxidation sites excluding steroid dienone is 1. The van der Waals surface area contributed by atoms with Gasteiger partial charge in [0.2, 0.25) is 5.78 Å². The molecule has 14 heavy (non-hydrogen) atoms. The molecule has 0 fully saturated rings. The molecule has 2 rings (SSSR count). The minimum Gasteiger partial charge on any atom is -0.396 e. The van der Waals surface area contributed by atoms with Crippen LogP contribution in [-0.4, -0.2) is 5.78 Å². The molecule has 0 atom stereocenters. The molecule has 0 aliphatic heterocycles. The predicted molar refractivity (Wildman–Crippen MR) is 59.5 cm³/mol. The van der Waals surface area contributed by atoms with E-state index in [1.165, 1.54) is 11.3 Å². The SMILES string of the molecule is C=C(N)C(=O)c1cc2ccccc2s1. The minimum atomic E-state index is -0.175. The Morgan fingerprint density at radius 1 is 1.36 bits per heavy atom. The lowest BCUT2D eigenvalue weighted by atomic mass is 10.2. The van der Waals surface area contributed by atoms with Crippen LogP contribution in [0.15, 0.2) is 42.6 Å². The molecule has 0 saturated heterocycles. The number of rotatable bonds is 2. The van der Waals surface area contributed by atoms with Gasteiger partial charge >= 0.3 is 0 Å². The minimum absolute atomic E-state index is 0.0940. The van der Waals surface area contributed by atoms with E-state index in [9.17, 15) is 4.79 Å². The summed E-state index contributed by atoms with van der Waals surface area (Å²) in [6, 6.07) is 9.70. The number of fused-ring (bicyclic) bond motifs is 1. The lowest BCUT2D eigenvalue weighted by Crippen LogP contribution is -2.07. The fraction of sp³-hybridized carbons (Fsp3) is 0. The van der Waals surface area contributed by atoms with Gasteiger partial charge in [-0.1, -0.05) is 24.8 Å². The van der Waals surface area contributed by atoms with Gasteiger partial charge < -0.3 is 5.73 Å². The third-order valence-electron chi connectivity index (χ3n) is 1.94. The van der Waals surface area contributed by atoms with Crippen molar-refractivity contribution in [2.75, 3.05) is 0 Å². The molecule has 0 bridgehead atoms. The summed E-state index contributed by atoms with van der Waals surface area (Å²) in [6.45, 7) is 3.44. The monoisotopic (exact) mass is 203 g/mol. The van der Waals surface area contributed by atoms with Crippen molar-refractivity contribution in [2.24, 2.45) is 5.73 Å². The molecule has 2 nitrogen and oxygen atoms in total. The van der Waals surface area contributed by atoms with E-state index in [1.807, 2.05) is 30.3 Å². The van der Waals surface area contributed by atoms with Crippen molar-refractivity contribution in [3.8, 4) is 0 Å². The van der Waals surface area contributed by atoms with E-state index in [0.717, 1.165) is 10.1 Å². The van der Waals surface area contributed by atoms with Gasteiger partial charge in [0.25, 0.3) is 0 Å².